The number of ether oxygens (including phenoxy) is 1. The molecule has 0 spiro atoms. The summed E-state index contributed by atoms with van der Waals surface area (Å²) in [6.45, 7) is 6.45. The van der Waals surface area contributed by atoms with Crippen molar-refractivity contribution in [2.45, 2.75) is 45.3 Å². The Labute approximate surface area is 165 Å². The van der Waals surface area contributed by atoms with Gasteiger partial charge in [0.2, 0.25) is 0 Å². The van der Waals surface area contributed by atoms with Crippen LogP contribution < -0.4 is 0 Å². The Balaban J connectivity index is 1.76. The Morgan fingerprint density at radius 1 is 1.18 bits per heavy atom. The molecule has 4 rings (SSSR count). The molecule has 2 aromatic heterocycles. The zero-order valence-corrected chi connectivity index (χ0v) is 17.0. The fourth-order valence-corrected chi connectivity index (χ4v) is 4.06. The van der Waals surface area contributed by atoms with Crippen molar-refractivity contribution in [3.05, 3.63) is 54.4 Å². The van der Waals surface area contributed by atoms with Crippen molar-refractivity contribution in [3.8, 4) is 11.3 Å². The van der Waals surface area contributed by atoms with E-state index in [9.17, 15) is 4.79 Å². The van der Waals surface area contributed by atoms with Crippen molar-refractivity contribution < 1.29 is 9.53 Å². The first-order valence-electron chi connectivity index (χ1n) is 9.84. The molecule has 0 saturated carbocycles. The number of rotatable bonds is 2. The van der Waals surface area contributed by atoms with E-state index >= 15 is 0 Å². The number of carbonyl (C=O) groups is 1. The quantitative estimate of drug-likeness (QED) is 0.608. The van der Waals surface area contributed by atoms with Gasteiger partial charge in [0.25, 0.3) is 0 Å². The van der Waals surface area contributed by atoms with E-state index in [0.717, 1.165) is 47.2 Å². The van der Waals surface area contributed by atoms with Gasteiger partial charge in [0.05, 0.1) is 17.3 Å². The molecule has 5 heteroatoms. The average Bonchev–Trinajstić information content (AvgIpc) is 3.26. The number of carbonyl (C=O) groups excluding carboxylic acids is 1. The molecule has 1 saturated heterocycles. The first-order valence-corrected chi connectivity index (χ1v) is 9.84. The molecule has 1 aliphatic heterocycles. The van der Waals surface area contributed by atoms with Crippen molar-refractivity contribution in [3.63, 3.8) is 0 Å². The monoisotopic (exact) mass is 377 g/mol. The van der Waals surface area contributed by atoms with E-state index in [1.54, 1.807) is 0 Å². The highest BCUT2D eigenvalue weighted by atomic mass is 16.6. The lowest BCUT2D eigenvalue weighted by Gasteiger charge is -2.29. The Kier molecular flexibility index (Phi) is 4.61. The summed E-state index contributed by atoms with van der Waals surface area (Å²) in [5.74, 6) is 0. The minimum Gasteiger partial charge on any atom is -0.444 e. The molecule has 1 atom stereocenters. The molecule has 3 heterocycles. The van der Waals surface area contributed by atoms with E-state index in [2.05, 4.69) is 34.8 Å². The minimum atomic E-state index is -0.493. The second-order valence-electron chi connectivity index (χ2n) is 8.42. The molecule has 28 heavy (non-hydrogen) atoms. The van der Waals surface area contributed by atoms with E-state index in [-0.39, 0.29) is 12.1 Å². The topological polar surface area (TPSA) is 47.4 Å². The zero-order valence-electron chi connectivity index (χ0n) is 17.0. The summed E-state index contributed by atoms with van der Waals surface area (Å²) >= 11 is 0. The van der Waals surface area contributed by atoms with E-state index in [0.29, 0.717) is 0 Å². The second kappa shape index (κ2) is 6.97. The summed E-state index contributed by atoms with van der Waals surface area (Å²) in [7, 11) is 2.07. The van der Waals surface area contributed by atoms with Gasteiger partial charge in [0.1, 0.15) is 5.60 Å². The highest BCUT2D eigenvalue weighted by Crippen LogP contribution is 2.37. The number of likely N-dealkylation sites (tertiary alicyclic amines) is 1. The van der Waals surface area contributed by atoms with Gasteiger partial charge in [-0.2, -0.15) is 0 Å². The summed E-state index contributed by atoms with van der Waals surface area (Å²) in [4.78, 5) is 19.3. The highest BCUT2D eigenvalue weighted by Gasteiger charge is 2.35. The Bertz CT molecular complexity index is 1000. The van der Waals surface area contributed by atoms with Crippen LogP contribution in [0.15, 0.2) is 48.7 Å². The number of aryl methyl sites for hydroxylation is 1. The SMILES string of the molecule is Cn1c([C@@H]2CCCN2C(=O)OC(C)(C)C)cc2ccnc(-c3ccccc3)c21. The third-order valence-electron chi connectivity index (χ3n) is 5.25. The van der Waals surface area contributed by atoms with Crippen molar-refractivity contribution in [1.82, 2.24) is 14.5 Å². The van der Waals surface area contributed by atoms with Crippen molar-refractivity contribution >= 4 is 17.0 Å². The fourth-order valence-electron chi connectivity index (χ4n) is 4.06. The average molecular weight is 377 g/mol. The maximum atomic E-state index is 12.7. The lowest BCUT2D eigenvalue weighted by Crippen LogP contribution is -2.36. The van der Waals surface area contributed by atoms with Gasteiger partial charge in [-0.1, -0.05) is 30.3 Å². The molecule has 0 N–H and O–H groups in total. The van der Waals surface area contributed by atoms with Crippen LogP contribution in [0.1, 0.15) is 45.3 Å². The van der Waals surface area contributed by atoms with Crippen LogP contribution in [-0.2, 0) is 11.8 Å². The van der Waals surface area contributed by atoms with Crippen LogP contribution in [0, 0.1) is 0 Å². The maximum absolute atomic E-state index is 12.7. The summed E-state index contributed by atoms with van der Waals surface area (Å²) in [5.41, 5.74) is 3.79. The van der Waals surface area contributed by atoms with E-state index < -0.39 is 5.60 Å². The number of pyridine rings is 1. The number of hydrogen-bond acceptors (Lipinski definition) is 3. The van der Waals surface area contributed by atoms with Crippen molar-refractivity contribution in [2.24, 2.45) is 7.05 Å². The lowest BCUT2D eigenvalue weighted by atomic mass is 10.1. The molecule has 146 valence electrons. The number of aromatic nitrogens is 2. The molecule has 1 amide bonds. The number of benzene rings is 1. The van der Waals surface area contributed by atoms with E-state index in [1.807, 2.05) is 56.1 Å². The Morgan fingerprint density at radius 3 is 2.64 bits per heavy atom. The Morgan fingerprint density at radius 2 is 1.93 bits per heavy atom. The molecule has 0 bridgehead atoms. The Hall–Kier alpha value is -2.82. The minimum absolute atomic E-state index is 0.0240. The second-order valence-corrected chi connectivity index (χ2v) is 8.42. The van der Waals surface area contributed by atoms with E-state index in [1.165, 1.54) is 0 Å². The van der Waals surface area contributed by atoms with Crippen molar-refractivity contribution in [2.75, 3.05) is 6.54 Å². The van der Waals surface area contributed by atoms with Crippen LogP contribution in [0.5, 0.6) is 0 Å². The standard InChI is InChI=1S/C23H27N3O2/c1-23(2,3)28-22(27)26-14-8-11-18(26)19-15-17-12-13-24-20(21(17)25(19)4)16-9-6-5-7-10-16/h5-7,9-10,12-13,15,18H,8,11,14H2,1-4H3/t18-/m0/s1. The molecule has 1 aliphatic rings. The smallest absolute Gasteiger partial charge is 0.410 e. The first kappa shape index (κ1) is 18.5. The molecule has 5 nitrogen and oxygen atoms in total. The summed E-state index contributed by atoms with van der Waals surface area (Å²) < 4.78 is 7.84. The summed E-state index contributed by atoms with van der Waals surface area (Å²) in [5, 5.41) is 1.14. The van der Waals surface area contributed by atoms with Gasteiger partial charge < -0.3 is 9.30 Å². The number of amides is 1. The van der Waals surface area contributed by atoms with Gasteiger partial charge in [-0.05, 0) is 45.7 Å². The van der Waals surface area contributed by atoms with Crippen LogP contribution in [-0.4, -0.2) is 32.7 Å². The fraction of sp³-hybridized carbons (Fsp3) is 0.391. The summed E-state index contributed by atoms with van der Waals surface area (Å²) in [6, 6.07) is 14.5. The van der Waals surface area contributed by atoms with Crippen LogP contribution >= 0.6 is 0 Å². The van der Waals surface area contributed by atoms with Gasteiger partial charge in [0, 0.05) is 36.4 Å². The van der Waals surface area contributed by atoms with Crippen LogP contribution in [0.25, 0.3) is 22.2 Å². The molecule has 0 radical (unpaired) electrons. The lowest BCUT2D eigenvalue weighted by molar-refractivity contribution is 0.0220. The molecular weight excluding hydrogens is 350 g/mol. The molecule has 0 unspecified atom stereocenters. The number of hydrogen-bond donors (Lipinski definition) is 0. The number of fused-ring (bicyclic) bond motifs is 1. The van der Waals surface area contributed by atoms with Gasteiger partial charge in [0.15, 0.2) is 0 Å². The third kappa shape index (κ3) is 3.37. The van der Waals surface area contributed by atoms with Gasteiger partial charge >= 0.3 is 6.09 Å². The van der Waals surface area contributed by atoms with Gasteiger partial charge in [-0.15, -0.1) is 0 Å². The highest BCUT2D eigenvalue weighted by molar-refractivity contribution is 5.93. The molecule has 0 aliphatic carbocycles. The molecular formula is C23H27N3O2. The van der Waals surface area contributed by atoms with E-state index in [4.69, 9.17) is 4.74 Å². The molecule has 3 aromatic rings. The van der Waals surface area contributed by atoms with Gasteiger partial charge in [-0.25, -0.2) is 4.79 Å². The van der Waals surface area contributed by atoms with Crippen LogP contribution in [0.3, 0.4) is 0 Å². The normalized spacial score (nSPS) is 17.3. The maximum Gasteiger partial charge on any atom is 0.410 e. The summed E-state index contributed by atoms with van der Waals surface area (Å²) in [6.07, 6.45) is 3.54. The largest absolute Gasteiger partial charge is 0.444 e. The predicted octanol–water partition coefficient (Wildman–Crippen LogP) is 5.31. The predicted molar refractivity (Wildman–Crippen MR) is 111 cm³/mol. The van der Waals surface area contributed by atoms with Crippen molar-refractivity contribution in [1.29, 1.82) is 0 Å². The van der Waals surface area contributed by atoms with Gasteiger partial charge in [-0.3, -0.25) is 9.88 Å². The molecule has 1 aromatic carbocycles. The zero-order chi connectivity index (χ0) is 19.9. The number of nitrogens with zero attached hydrogens (tertiary/aromatic N) is 3. The molecule has 1 fully saturated rings. The van der Waals surface area contributed by atoms with Crippen LogP contribution in [0.2, 0.25) is 0 Å². The third-order valence-corrected chi connectivity index (χ3v) is 5.25. The van der Waals surface area contributed by atoms with Crippen LogP contribution in [0.4, 0.5) is 4.79 Å². The first-order chi connectivity index (χ1) is 13.3.